The Labute approximate surface area is 175 Å². The van der Waals surface area contributed by atoms with Gasteiger partial charge in [-0.25, -0.2) is 4.98 Å². The highest BCUT2D eigenvalue weighted by Gasteiger charge is 2.27. The van der Waals surface area contributed by atoms with Crippen LogP contribution in [0.1, 0.15) is 6.92 Å². The molecule has 0 aliphatic heterocycles. The van der Waals surface area contributed by atoms with Crippen LogP contribution in [0.5, 0.6) is 0 Å². The molecule has 1 aromatic heterocycles. The number of hydrogen-bond acceptors (Lipinski definition) is 5. The van der Waals surface area contributed by atoms with E-state index >= 15 is 0 Å². The fourth-order valence-electron chi connectivity index (χ4n) is 2.10. The van der Waals surface area contributed by atoms with Gasteiger partial charge in [-0.15, -0.1) is 11.3 Å². The first kappa shape index (κ1) is 20.3. The van der Waals surface area contributed by atoms with E-state index in [0.717, 1.165) is 19.7 Å². The van der Waals surface area contributed by atoms with Gasteiger partial charge in [0, 0.05) is 20.5 Å². The third-order valence-corrected chi connectivity index (χ3v) is 8.66. The molecule has 1 unspecified atom stereocenters. The Morgan fingerprint density at radius 3 is 2.27 bits per heavy atom. The molecule has 0 radical (unpaired) electrons. The second-order valence-corrected chi connectivity index (χ2v) is 11.6. The molecule has 9 heteroatoms. The predicted octanol–water partition coefficient (Wildman–Crippen LogP) is 6.23. The lowest BCUT2D eigenvalue weighted by Gasteiger charge is -2.13. The number of rotatable bonds is 6. The van der Waals surface area contributed by atoms with Gasteiger partial charge in [-0.05, 0) is 55.1 Å². The highest BCUT2D eigenvalue weighted by Crippen LogP contribution is 2.47. The molecule has 1 heterocycles. The van der Waals surface area contributed by atoms with E-state index in [1.54, 1.807) is 6.92 Å². The van der Waals surface area contributed by atoms with Crippen molar-refractivity contribution in [3.63, 3.8) is 0 Å². The Hall–Kier alpha value is -0.430. The van der Waals surface area contributed by atoms with Crippen molar-refractivity contribution in [2.75, 3.05) is 6.61 Å². The van der Waals surface area contributed by atoms with E-state index in [4.69, 9.17) is 39.5 Å². The van der Waals surface area contributed by atoms with Crippen LogP contribution < -0.4 is 5.44 Å². The minimum absolute atomic E-state index is 0.326. The van der Waals surface area contributed by atoms with Gasteiger partial charge in [-0.2, -0.15) is 0 Å². The summed E-state index contributed by atoms with van der Waals surface area (Å²) in [5, 5.41) is 2.08. The number of aromatic nitrogens is 1. The van der Waals surface area contributed by atoms with Crippen LogP contribution in [-0.4, -0.2) is 16.5 Å². The molecule has 3 aromatic rings. The summed E-state index contributed by atoms with van der Waals surface area (Å²) >= 11 is 20.2. The van der Waals surface area contributed by atoms with Crippen LogP contribution in [0.15, 0.2) is 57.6 Å². The van der Waals surface area contributed by atoms with Crippen molar-refractivity contribution in [2.45, 2.75) is 16.0 Å². The molecule has 1 atom stereocenters. The Bertz CT molecular complexity index is 946. The quantitative estimate of drug-likeness (QED) is 0.440. The van der Waals surface area contributed by atoms with Crippen molar-refractivity contribution in [3.05, 3.63) is 58.6 Å². The molecule has 1 N–H and O–H groups in total. The molecule has 0 fully saturated rings. The van der Waals surface area contributed by atoms with Gasteiger partial charge in [0.2, 0.25) is 6.49 Å². The van der Waals surface area contributed by atoms with Gasteiger partial charge in [0.15, 0.2) is 0 Å². The second kappa shape index (κ2) is 8.72. The molecule has 0 saturated heterocycles. The van der Waals surface area contributed by atoms with Gasteiger partial charge >= 0.3 is 0 Å². The molecule has 0 spiro atoms. The lowest BCUT2D eigenvalue weighted by Crippen LogP contribution is -2.10. The Morgan fingerprint density at radius 1 is 1.12 bits per heavy atom. The Morgan fingerprint density at radius 2 is 1.69 bits per heavy atom. The lowest BCUT2D eigenvalue weighted by molar-refractivity contribution is 0.334. The number of benzene rings is 2. The number of nitrogens with zero attached hydrogens (tertiary/aromatic N) is 1. The minimum Gasteiger partial charge on any atom is -0.341 e. The molecular weight excluding hydrogens is 448 g/mol. The molecule has 0 aliphatic carbocycles. The zero-order chi connectivity index (χ0) is 18.7. The zero-order valence-electron chi connectivity index (χ0n) is 13.6. The van der Waals surface area contributed by atoms with Gasteiger partial charge in [0.05, 0.1) is 10.8 Å². The summed E-state index contributed by atoms with van der Waals surface area (Å²) in [5.74, 6) is 0. The summed E-state index contributed by atoms with van der Waals surface area (Å²) in [7, 11) is 0. The molecule has 3 rings (SSSR count). The summed E-state index contributed by atoms with van der Waals surface area (Å²) in [6.07, 6.45) is 0. The topological polar surface area (TPSA) is 42.4 Å². The van der Waals surface area contributed by atoms with Crippen molar-refractivity contribution in [2.24, 2.45) is 0 Å². The van der Waals surface area contributed by atoms with Crippen LogP contribution in [-0.2, 0) is 16.3 Å². The summed E-state index contributed by atoms with van der Waals surface area (Å²) < 4.78 is 6.27. The van der Waals surface area contributed by atoms with E-state index in [1.807, 2.05) is 48.5 Å². The highest BCUT2D eigenvalue weighted by molar-refractivity contribution is 8.13. The molecule has 136 valence electrons. The van der Waals surface area contributed by atoms with Crippen molar-refractivity contribution in [3.8, 4) is 10.6 Å². The fraction of sp³-hybridized carbons (Fsp3) is 0.118. The maximum absolute atomic E-state index is 10.7. The molecular formula is C17H14Cl2NO2PS3. The van der Waals surface area contributed by atoms with Crippen molar-refractivity contribution in [1.82, 2.24) is 4.98 Å². The molecule has 26 heavy (non-hydrogen) atoms. The van der Waals surface area contributed by atoms with Gasteiger partial charge in [-0.1, -0.05) is 47.1 Å². The SMILES string of the molecule is CCOP(O)(=S)c1nc(-c2ccc(Cl)cc2)sc1Sc1ccc(Cl)cc1. The second-order valence-electron chi connectivity index (χ2n) is 5.13. The molecule has 0 aliphatic rings. The summed E-state index contributed by atoms with van der Waals surface area (Å²) in [6, 6.07) is 14.9. The van der Waals surface area contributed by atoms with E-state index in [9.17, 15) is 4.89 Å². The number of halogens is 2. The largest absolute Gasteiger partial charge is 0.341 e. The van der Waals surface area contributed by atoms with Crippen molar-refractivity contribution < 1.29 is 9.42 Å². The molecule has 2 aromatic carbocycles. The third-order valence-electron chi connectivity index (χ3n) is 3.27. The molecule has 0 saturated carbocycles. The van der Waals surface area contributed by atoms with Gasteiger partial charge < -0.3 is 9.42 Å². The van der Waals surface area contributed by atoms with Crippen LogP contribution in [0.3, 0.4) is 0 Å². The minimum atomic E-state index is -3.18. The summed E-state index contributed by atoms with van der Waals surface area (Å²) in [5.41, 5.74) is 1.35. The van der Waals surface area contributed by atoms with Crippen LogP contribution in [0.25, 0.3) is 10.6 Å². The average Bonchev–Trinajstić information content (AvgIpc) is 3.02. The third kappa shape index (κ3) is 4.89. The maximum Gasteiger partial charge on any atom is 0.237 e. The number of hydrogen-bond donors (Lipinski definition) is 1. The Balaban J connectivity index is 2.03. The highest BCUT2D eigenvalue weighted by atomic mass is 35.5. The summed E-state index contributed by atoms with van der Waals surface area (Å²) in [6.45, 7) is -1.05. The molecule has 0 bridgehead atoms. The van der Waals surface area contributed by atoms with Gasteiger partial charge in [0.25, 0.3) is 0 Å². The lowest BCUT2D eigenvalue weighted by atomic mass is 10.2. The average molecular weight is 462 g/mol. The van der Waals surface area contributed by atoms with E-state index in [2.05, 4.69) is 4.98 Å². The van der Waals surface area contributed by atoms with E-state index in [1.165, 1.54) is 23.1 Å². The first-order chi connectivity index (χ1) is 12.4. The molecule has 3 nitrogen and oxygen atoms in total. The van der Waals surface area contributed by atoms with Crippen molar-refractivity contribution >= 4 is 70.0 Å². The van der Waals surface area contributed by atoms with Gasteiger partial charge in [-0.3, -0.25) is 0 Å². The maximum atomic E-state index is 10.7. The number of thiazole rings is 1. The zero-order valence-corrected chi connectivity index (χ0v) is 18.4. The predicted molar refractivity (Wildman–Crippen MR) is 116 cm³/mol. The van der Waals surface area contributed by atoms with E-state index in [0.29, 0.717) is 22.1 Å². The Kier molecular flexibility index (Phi) is 6.81. The molecule has 0 amide bonds. The normalized spacial score (nSPS) is 13.5. The summed E-state index contributed by atoms with van der Waals surface area (Å²) in [4.78, 5) is 16.3. The standard InChI is InChI=1S/C17H14Cl2NO2PS3/c1-2-22-23(21,24)15-17(25-14-9-7-13(19)8-10-14)26-16(20-15)11-3-5-12(18)6-4-11/h3-10H,2H2,1H3,(H,21,24). The van der Waals surface area contributed by atoms with E-state index in [-0.39, 0.29) is 0 Å². The van der Waals surface area contributed by atoms with E-state index < -0.39 is 6.49 Å². The van der Waals surface area contributed by atoms with Gasteiger partial charge in [0.1, 0.15) is 10.4 Å². The first-order valence-electron chi connectivity index (χ1n) is 7.57. The van der Waals surface area contributed by atoms with Crippen LogP contribution in [0.2, 0.25) is 10.0 Å². The van der Waals surface area contributed by atoms with Crippen LogP contribution >= 0.6 is 52.8 Å². The first-order valence-corrected chi connectivity index (χ1v) is 12.6. The smallest absolute Gasteiger partial charge is 0.237 e. The monoisotopic (exact) mass is 461 g/mol. The fourth-order valence-corrected chi connectivity index (χ4v) is 7.45. The van der Waals surface area contributed by atoms with Crippen LogP contribution in [0, 0.1) is 0 Å². The van der Waals surface area contributed by atoms with Crippen LogP contribution in [0.4, 0.5) is 0 Å². The van der Waals surface area contributed by atoms with Crippen molar-refractivity contribution in [1.29, 1.82) is 0 Å².